The Labute approximate surface area is 286 Å². The molecule has 0 aliphatic carbocycles. The van der Waals surface area contributed by atoms with Crippen molar-refractivity contribution in [2.45, 2.75) is 62.9 Å². The summed E-state index contributed by atoms with van der Waals surface area (Å²) in [7, 11) is 1.30. The summed E-state index contributed by atoms with van der Waals surface area (Å²) in [5.41, 5.74) is 0.211. The number of hydrogen-bond donors (Lipinski definition) is 6. The van der Waals surface area contributed by atoms with E-state index in [2.05, 4.69) is 29.9 Å². The molecule has 0 bridgehead atoms. The number of aromatic nitrogens is 7. The second-order valence-corrected chi connectivity index (χ2v) is 14.1. The van der Waals surface area contributed by atoms with Crippen LogP contribution >= 0.6 is 6.72 Å². The number of aliphatic imine (C=N–C) groups is 1. The lowest BCUT2D eigenvalue weighted by molar-refractivity contribution is -0.0625. The molecule has 20 nitrogen and oxygen atoms in total. The largest absolute Gasteiger partial charge is 0.505 e. The maximum absolute atomic E-state index is 12.4. The van der Waals surface area contributed by atoms with Gasteiger partial charge in [0.2, 0.25) is 0 Å². The maximum Gasteiger partial charge on any atom is 0.330 e. The molecule has 0 saturated carbocycles. The molecule has 6 unspecified atom stereocenters. The second-order valence-electron chi connectivity index (χ2n) is 11.3. The molecule has 0 radical (unpaired) electrons. The van der Waals surface area contributed by atoms with Gasteiger partial charge in [-0.1, -0.05) is 0 Å². The van der Waals surface area contributed by atoms with Gasteiger partial charge in [-0.05, 0) is 18.7 Å². The van der Waals surface area contributed by atoms with Gasteiger partial charge in [0.15, 0.2) is 23.2 Å². The normalized spacial score (nSPS) is 26.6. The highest BCUT2D eigenvalue weighted by Gasteiger charge is 2.49. The zero-order valence-electron chi connectivity index (χ0n) is 26.4. The first-order valence-electron chi connectivity index (χ1n) is 15.0. The van der Waals surface area contributed by atoms with Crippen molar-refractivity contribution in [1.29, 1.82) is 0 Å². The number of methoxy groups -OCH3 is 1. The molecular formula is C28H33N8O12PS. The number of aliphatic hydroxyl groups is 3. The molecule has 4 aromatic rings. The average molecular weight is 737 g/mol. The van der Waals surface area contributed by atoms with E-state index in [1.165, 1.54) is 38.4 Å². The summed E-state index contributed by atoms with van der Waals surface area (Å²) in [6, 6.07) is 1.11. The highest BCUT2D eigenvalue weighted by Crippen LogP contribution is 2.50. The Bertz CT molecular complexity index is 2060. The summed E-state index contributed by atoms with van der Waals surface area (Å²) in [5, 5.41) is 40.9. The molecule has 0 aromatic carbocycles. The number of rotatable bonds is 12. The number of fused-ring (bicyclic) bond motifs is 1. The zero-order valence-corrected chi connectivity index (χ0v) is 28.1. The van der Waals surface area contributed by atoms with E-state index in [0.29, 0.717) is 22.4 Å². The molecule has 6 rings (SSSR count). The number of aromatic amines is 1. The molecule has 8 atom stereocenters. The molecular weight excluding hydrogens is 703 g/mol. The van der Waals surface area contributed by atoms with Crippen LogP contribution in [0.1, 0.15) is 35.7 Å². The number of aliphatic hydroxyl groups excluding tert-OH is 3. The van der Waals surface area contributed by atoms with Crippen LogP contribution in [0, 0.1) is 6.92 Å². The zero-order chi connectivity index (χ0) is 35.7. The third kappa shape index (κ3) is 7.16. The molecule has 22 heteroatoms. The van der Waals surface area contributed by atoms with Crippen molar-refractivity contribution in [1.82, 2.24) is 34.1 Å². The predicted molar refractivity (Wildman–Crippen MR) is 174 cm³/mol. The highest BCUT2D eigenvalue weighted by molar-refractivity contribution is 8.07. The van der Waals surface area contributed by atoms with Gasteiger partial charge in [0.1, 0.15) is 42.7 Å². The number of ether oxygens (including phenoxy) is 3. The van der Waals surface area contributed by atoms with E-state index in [1.807, 2.05) is 0 Å². The predicted octanol–water partition coefficient (Wildman–Crippen LogP) is -0.800. The lowest BCUT2D eigenvalue weighted by Crippen LogP contribution is -2.40. The van der Waals surface area contributed by atoms with Crippen LogP contribution in [0.5, 0.6) is 5.75 Å². The van der Waals surface area contributed by atoms with Gasteiger partial charge in [-0.2, -0.15) is 0 Å². The summed E-state index contributed by atoms with van der Waals surface area (Å²) < 4.78 is 31.2. The summed E-state index contributed by atoms with van der Waals surface area (Å²) in [6.45, 7) is -3.83. The van der Waals surface area contributed by atoms with E-state index in [-0.39, 0.29) is 36.8 Å². The van der Waals surface area contributed by atoms with E-state index < -0.39 is 67.6 Å². The number of nitrogens with zero attached hydrogens (tertiary/aromatic N) is 7. The van der Waals surface area contributed by atoms with Gasteiger partial charge < -0.3 is 44.1 Å². The summed E-state index contributed by atoms with van der Waals surface area (Å²) in [4.78, 5) is 58.2. The second kappa shape index (κ2) is 14.8. The SMILES string of the molecule is COC1C(OP(O)(=S)OCC2O[C@@H](n3cnc4c(N=Cc5c(CO)cnc(C)c5O)ncnc43)C[C@H]2O)C(CO)OC1n1ccc(=O)[nH]c1=O. The van der Waals surface area contributed by atoms with Crippen LogP contribution < -0.4 is 11.2 Å². The minimum Gasteiger partial charge on any atom is -0.505 e. The van der Waals surface area contributed by atoms with Crippen molar-refractivity contribution in [2.75, 3.05) is 20.3 Å². The maximum atomic E-state index is 12.4. The van der Waals surface area contributed by atoms with Gasteiger partial charge in [0.05, 0.1) is 37.9 Å². The smallest absolute Gasteiger partial charge is 0.330 e. The van der Waals surface area contributed by atoms with Crippen LogP contribution in [0.4, 0.5) is 5.82 Å². The molecule has 2 aliphatic heterocycles. The van der Waals surface area contributed by atoms with Crippen molar-refractivity contribution in [3.8, 4) is 5.75 Å². The fourth-order valence-electron chi connectivity index (χ4n) is 5.67. The Hall–Kier alpha value is -3.86. The van der Waals surface area contributed by atoms with Gasteiger partial charge >= 0.3 is 12.4 Å². The fraction of sp³-hybridized carbons (Fsp3) is 0.464. The first-order valence-corrected chi connectivity index (χ1v) is 17.6. The lowest BCUT2D eigenvalue weighted by Gasteiger charge is -2.27. The Morgan fingerprint density at radius 2 is 1.96 bits per heavy atom. The highest BCUT2D eigenvalue weighted by atomic mass is 32.5. The Morgan fingerprint density at radius 1 is 1.16 bits per heavy atom. The molecule has 2 saturated heterocycles. The van der Waals surface area contributed by atoms with E-state index in [4.69, 9.17) is 35.1 Å². The molecule has 6 N–H and O–H groups in total. The summed E-state index contributed by atoms with van der Waals surface area (Å²) >= 11 is 5.23. The van der Waals surface area contributed by atoms with Crippen LogP contribution in [0.15, 0.2) is 45.7 Å². The van der Waals surface area contributed by atoms with Crippen molar-refractivity contribution >= 4 is 41.7 Å². The Balaban J connectivity index is 1.13. The molecule has 268 valence electrons. The summed E-state index contributed by atoms with van der Waals surface area (Å²) in [6.07, 6.45) is -0.523. The van der Waals surface area contributed by atoms with Crippen LogP contribution in [0.3, 0.4) is 0 Å². The van der Waals surface area contributed by atoms with Crippen LogP contribution in [-0.4, -0.2) is 116 Å². The first kappa shape index (κ1) is 35.9. The first-order chi connectivity index (χ1) is 23.9. The van der Waals surface area contributed by atoms with E-state index in [1.54, 1.807) is 11.5 Å². The molecule has 50 heavy (non-hydrogen) atoms. The van der Waals surface area contributed by atoms with Gasteiger partial charge in [0.25, 0.3) is 5.56 Å². The van der Waals surface area contributed by atoms with Crippen molar-refractivity contribution in [3.05, 3.63) is 68.8 Å². The quantitative estimate of drug-likeness (QED) is 0.0767. The van der Waals surface area contributed by atoms with E-state index in [9.17, 15) is 34.9 Å². The molecule has 4 aromatic heterocycles. The number of aryl methyl sites for hydroxylation is 1. The monoisotopic (exact) mass is 736 g/mol. The number of aromatic hydroxyl groups is 1. The van der Waals surface area contributed by atoms with Gasteiger partial charge in [0, 0.05) is 49.3 Å². The third-order valence-corrected chi connectivity index (χ3v) is 9.78. The van der Waals surface area contributed by atoms with Gasteiger partial charge in [-0.25, -0.2) is 24.7 Å². The molecule has 2 fully saturated rings. The third-order valence-electron chi connectivity index (χ3n) is 8.22. The Morgan fingerprint density at radius 3 is 2.68 bits per heavy atom. The minimum absolute atomic E-state index is 0.0890. The lowest BCUT2D eigenvalue weighted by atomic mass is 10.1. The standard InChI is InChI=1S/C28H33N8O12PS/c1-13-22(41)15(14(8-37)6-29-13)7-30-25-21-26(32-11-31-25)36(12-33-21)20-5-16(39)18(46-20)10-45-49(43,50)48-23-17(9-38)47-27(24(23)44-2)35-4-3-19(40)34-28(35)42/h3-4,6-7,11-12,16-18,20,23-24,27,37-39,41H,5,8-10H2,1-2H3,(H,43,50)(H,34,40,42)/t16-,17?,18?,20-,23?,24?,27?,49?/m1/s1. The number of pyridine rings is 1. The molecule has 0 spiro atoms. The van der Waals surface area contributed by atoms with Crippen molar-refractivity contribution < 1.29 is 48.6 Å². The fourth-order valence-corrected chi connectivity index (χ4v) is 7.11. The number of imidazole rings is 1. The minimum atomic E-state index is -4.10. The van der Waals surface area contributed by atoms with E-state index in [0.717, 1.165) is 10.6 Å². The molecule has 2 aliphatic rings. The van der Waals surface area contributed by atoms with Crippen molar-refractivity contribution in [2.24, 2.45) is 4.99 Å². The van der Waals surface area contributed by atoms with Gasteiger partial charge in [-0.3, -0.25) is 28.4 Å². The molecule has 6 heterocycles. The number of hydrogen-bond acceptors (Lipinski definition) is 17. The summed E-state index contributed by atoms with van der Waals surface area (Å²) in [5.74, 6) is 0.0360. The van der Waals surface area contributed by atoms with Crippen LogP contribution in [-0.2, 0) is 41.7 Å². The van der Waals surface area contributed by atoms with Crippen LogP contribution in [0.25, 0.3) is 11.2 Å². The number of nitrogens with one attached hydrogen (secondary N) is 1. The topological polar surface area (TPSA) is 271 Å². The average Bonchev–Trinajstić information content (AvgIpc) is 3.79. The number of H-pyrrole nitrogens is 1. The van der Waals surface area contributed by atoms with Crippen LogP contribution in [0.2, 0.25) is 0 Å². The van der Waals surface area contributed by atoms with E-state index >= 15 is 0 Å². The molecule has 0 amide bonds. The van der Waals surface area contributed by atoms with Crippen molar-refractivity contribution in [3.63, 3.8) is 0 Å². The van der Waals surface area contributed by atoms with Gasteiger partial charge in [-0.15, -0.1) is 0 Å². The Kier molecular flexibility index (Phi) is 10.6.